The van der Waals surface area contributed by atoms with Crippen molar-refractivity contribution in [3.05, 3.63) is 84.1 Å². The molecule has 4 aromatic rings. The molecule has 5 heteroatoms. The number of hydrogen-bond donors (Lipinski definition) is 1. The number of ether oxygens (including phenoxy) is 1. The van der Waals surface area contributed by atoms with Crippen LogP contribution in [0.1, 0.15) is 42.7 Å². The van der Waals surface area contributed by atoms with Gasteiger partial charge in [0, 0.05) is 56.5 Å². The van der Waals surface area contributed by atoms with Crippen LogP contribution in [0.5, 0.6) is 0 Å². The number of para-hydroxylation sites is 1. The van der Waals surface area contributed by atoms with Gasteiger partial charge in [0.1, 0.15) is 0 Å². The lowest BCUT2D eigenvalue weighted by molar-refractivity contribution is -0.138. The van der Waals surface area contributed by atoms with Gasteiger partial charge < -0.3 is 19.5 Å². The van der Waals surface area contributed by atoms with Crippen LogP contribution in [0.15, 0.2) is 72.9 Å². The van der Waals surface area contributed by atoms with Gasteiger partial charge in [0.25, 0.3) is 0 Å². The van der Waals surface area contributed by atoms with Crippen molar-refractivity contribution in [3.63, 3.8) is 0 Å². The fourth-order valence-corrected chi connectivity index (χ4v) is 6.25. The van der Waals surface area contributed by atoms with E-state index in [4.69, 9.17) is 4.74 Å². The summed E-state index contributed by atoms with van der Waals surface area (Å²) < 4.78 is 7.62. The highest BCUT2D eigenvalue weighted by molar-refractivity contribution is 5.89. The molecule has 1 aliphatic heterocycles. The zero-order valence-electron chi connectivity index (χ0n) is 21.7. The van der Waals surface area contributed by atoms with Crippen molar-refractivity contribution in [3.8, 4) is 0 Å². The molecule has 0 bridgehead atoms. The van der Waals surface area contributed by atoms with Crippen LogP contribution in [0.2, 0.25) is 0 Å². The molecular weight excluding hydrogens is 458 g/mol. The van der Waals surface area contributed by atoms with Crippen molar-refractivity contribution in [2.75, 3.05) is 26.8 Å². The van der Waals surface area contributed by atoms with Gasteiger partial charge in [-0.05, 0) is 66.1 Å². The maximum atomic E-state index is 14.3. The molecule has 0 spiro atoms. The molecule has 1 saturated carbocycles. The molecule has 0 unspecified atom stereocenters. The highest BCUT2D eigenvalue weighted by atomic mass is 16.5. The molecule has 2 fully saturated rings. The Kier molecular flexibility index (Phi) is 6.99. The number of carbonyl (C=O) groups is 1. The topological polar surface area (TPSA) is 46.5 Å². The van der Waals surface area contributed by atoms with Crippen molar-refractivity contribution in [1.82, 2.24) is 14.8 Å². The Morgan fingerprint density at radius 1 is 1.00 bits per heavy atom. The molecule has 5 nitrogen and oxygen atoms in total. The Morgan fingerprint density at radius 2 is 1.78 bits per heavy atom. The van der Waals surface area contributed by atoms with Gasteiger partial charge in [-0.25, -0.2) is 0 Å². The minimum atomic E-state index is -0.0461. The van der Waals surface area contributed by atoms with Crippen molar-refractivity contribution in [1.29, 1.82) is 0 Å². The fraction of sp³-hybridized carbons (Fsp3) is 0.406. The second-order valence-corrected chi connectivity index (χ2v) is 10.7. The molecule has 192 valence electrons. The summed E-state index contributed by atoms with van der Waals surface area (Å²) >= 11 is 0. The Labute approximate surface area is 219 Å². The van der Waals surface area contributed by atoms with Gasteiger partial charge in [-0.2, -0.15) is 0 Å². The molecule has 1 aliphatic carbocycles. The summed E-state index contributed by atoms with van der Waals surface area (Å²) in [6.07, 6.45) is 6.45. The number of benzene rings is 3. The van der Waals surface area contributed by atoms with Crippen LogP contribution in [0.25, 0.3) is 21.7 Å². The second kappa shape index (κ2) is 10.7. The highest BCUT2D eigenvalue weighted by Gasteiger charge is 2.40. The lowest BCUT2D eigenvalue weighted by Gasteiger charge is -2.36. The molecule has 37 heavy (non-hydrogen) atoms. The van der Waals surface area contributed by atoms with E-state index in [1.54, 1.807) is 7.11 Å². The van der Waals surface area contributed by atoms with E-state index in [1.807, 2.05) is 0 Å². The molecule has 2 heterocycles. The molecule has 2 atom stereocenters. The number of nitrogens with zero attached hydrogens (tertiary/aromatic N) is 2. The number of hydrogen-bond acceptors (Lipinski definition) is 3. The molecule has 1 aromatic heterocycles. The molecule has 3 aromatic carbocycles. The third kappa shape index (κ3) is 4.90. The number of carbonyl (C=O) groups excluding carboxylic acids is 1. The van der Waals surface area contributed by atoms with Crippen molar-refractivity contribution >= 4 is 27.6 Å². The molecule has 1 N–H and O–H groups in total. The first kappa shape index (κ1) is 24.2. The lowest BCUT2D eigenvalue weighted by atomic mass is 9.78. The van der Waals surface area contributed by atoms with Gasteiger partial charge in [-0.1, -0.05) is 60.7 Å². The van der Waals surface area contributed by atoms with Gasteiger partial charge in [0.05, 0.1) is 5.92 Å². The number of fused-ring (bicyclic) bond motifs is 2. The quantitative estimate of drug-likeness (QED) is 0.302. The zero-order valence-corrected chi connectivity index (χ0v) is 21.7. The normalized spacial score (nSPS) is 19.9. The molecule has 1 amide bonds. The summed E-state index contributed by atoms with van der Waals surface area (Å²) in [7, 11) is 1.75. The monoisotopic (exact) mass is 495 g/mol. The van der Waals surface area contributed by atoms with Gasteiger partial charge in [0.15, 0.2) is 0 Å². The van der Waals surface area contributed by atoms with Crippen LogP contribution in [0.4, 0.5) is 0 Å². The smallest absolute Gasteiger partial charge is 0.228 e. The summed E-state index contributed by atoms with van der Waals surface area (Å²) in [5.41, 5.74) is 3.81. The minimum Gasteiger partial charge on any atom is -0.385 e. The largest absolute Gasteiger partial charge is 0.385 e. The Hall–Kier alpha value is -3.15. The maximum Gasteiger partial charge on any atom is 0.228 e. The van der Waals surface area contributed by atoms with E-state index in [0.717, 1.165) is 51.9 Å². The van der Waals surface area contributed by atoms with Crippen LogP contribution >= 0.6 is 0 Å². The van der Waals surface area contributed by atoms with E-state index >= 15 is 0 Å². The number of aromatic nitrogens is 1. The Bertz CT molecular complexity index is 1380. The summed E-state index contributed by atoms with van der Waals surface area (Å²) in [6.45, 7) is 4.05. The van der Waals surface area contributed by atoms with E-state index in [-0.39, 0.29) is 11.8 Å². The van der Waals surface area contributed by atoms with E-state index in [1.165, 1.54) is 32.8 Å². The van der Waals surface area contributed by atoms with Crippen LogP contribution in [-0.4, -0.2) is 48.2 Å². The third-order valence-corrected chi connectivity index (χ3v) is 8.25. The summed E-state index contributed by atoms with van der Waals surface area (Å²) in [5.74, 6) is 0.496. The average molecular weight is 496 g/mol. The Morgan fingerprint density at radius 3 is 2.62 bits per heavy atom. The number of rotatable bonds is 9. The van der Waals surface area contributed by atoms with Crippen molar-refractivity contribution in [2.45, 2.75) is 50.7 Å². The van der Waals surface area contributed by atoms with Gasteiger partial charge in [0.2, 0.25) is 5.91 Å². The second-order valence-electron chi connectivity index (χ2n) is 10.7. The van der Waals surface area contributed by atoms with E-state index in [2.05, 4.69) is 87.7 Å². The van der Waals surface area contributed by atoms with Crippen LogP contribution in [0, 0.1) is 5.92 Å². The highest BCUT2D eigenvalue weighted by Crippen LogP contribution is 2.39. The van der Waals surface area contributed by atoms with E-state index in [0.29, 0.717) is 18.5 Å². The third-order valence-electron chi connectivity index (χ3n) is 8.25. The first-order valence-corrected chi connectivity index (χ1v) is 13.8. The maximum absolute atomic E-state index is 14.3. The SMILES string of the molecule is COCCCn1cc(CN(C(=O)[C@H]2CNCC[C@@H]2c2cccc3ccccc23)C2CC2)c2ccccc21. The van der Waals surface area contributed by atoms with Crippen LogP contribution in [-0.2, 0) is 22.6 Å². The van der Waals surface area contributed by atoms with Crippen molar-refractivity contribution in [2.24, 2.45) is 5.92 Å². The summed E-state index contributed by atoms with van der Waals surface area (Å²) in [4.78, 5) is 16.5. The van der Waals surface area contributed by atoms with Crippen LogP contribution < -0.4 is 5.32 Å². The zero-order chi connectivity index (χ0) is 25.2. The summed E-state index contributed by atoms with van der Waals surface area (Å²) in [5, 5.41) is 7.33. The Balaban J connectivity index is 1.30. The number of nitrogens with one attached hydrogen (secondary N) is 1. The van der Waals surface area contributed by atoms with E-state index in [9.17, 15) is 4.79 Å². The predicted octanol–water partition coefficient (Wildman–Crippen LogP) is 5.72. The van der Waals surface area contributed by atoms with Crippen molar-refractivity contribution < 1.29 is 9.53 Å². The molecular formula is C32H37N3O2. The molecule has 6 rings (SSSR count). The van der Waals surface area contributed by atoms with Gasteiger partial charge in [-0.3, -0.25) is 4.79 Å². The van der Waals surface area contributed by atoms with Gasteiger partial charge >= 0.3 is 0 Å². The van der Waals surface area contributed by atoms with E-state index < -0.39 is 0 Å². The predicted molar refractivity (Wildman–Crippen MR) is 150 cm³/mol. The number of aryl methyl sites for hydroxylation is 1. The summed E-state index contributed by atoms with van der Waals surface area (Å²) in [6, 6.07) is 24.1. The molecule has 1 saturated heterocycles. The molecule has 2 aliphatic rings. The number of amides is 1. The minimum absolute atomic E-state index is 0.0461. The first-order chi connectivity index (χ1) is 18.2. The first-order valence-electron chi connectivity index (χ1n) is 13.8. The lowest BCUT2D eigenvalue weighted by Crippen LogP contribution is -2.47. The van der Waals surface area contributed by atoms with Gasteiger partial charge in [-0.15, -0.1) is 0 Å². The average Bonchev–Trinajstić information content (AvgIpc) is 3.74. The number of piperidine rings is 1. The fourth-order valence-electron chi connectivity index (χ4n) is 6.25. The molecule has 0 radical (unpaired) electrons. The number of methoxy groups -OCH3 is 1. The van der Waals surface area contributed by atoms with Crippen LogP contribution in [0.3, 0.4) is 0 Å². The standard InChI is InChI=1S/C32H37N3O2/c1-37-19-7-18-34-21-24(27-11-4-5-13-31(27)34)22-35(25-14-15-25)32(36)30-20-33-17-16-29(30)28-12-6-9-23-8-2-3-10-26(23)28/h2-6,8-13,21,25,29-30,33H,7,14-20,22H2,1H3/t29-,30+/m1/s1.